The summed E-state index contributed by atoms with van der Waals surface area (Å²) in [7, 11) is 0. The maximum Gasteiger partial charge on any atom is 0.265 e. The van der Waals surface area contributed by atoms with E-state index in [9.17, 15) is 4.79 Å². The number of hydrogen-bond acceptors (Lipinski definition) is 7. The van der Waals surface area contributed by atoms with Crippen molar-refractivity contribution < 1.29 is 9.26 Å². The van der Waals surface area contributed by atoms with Gasteiger partial charge in [0.15, 0.2) is 0 Å². The van der Waals surface area contributed by atoms with Crippen molar-refractivity contribution in [2.24, 2.45) is 0 Å². The van der Waals surface area contributed by atoms with Gasteiger partial charge in [0.25, 0.3) is 11.4 Å². The highest BCUT2D eigenvalue weighted by molar-refractivity contribution is 5.60. The number of aromatic nitrogens is 5. The molecule has 4 rings (SSSR count). The van der Waals surface area contributed by atoms with Crippen molar-refractivity contribution >= 4 is 0 Å². The molecule has 0 unspecified atom stereocenters. The van der Waals surface area contributed by atoms with E-state index in [-0.39, 0.29) is 23.1 Å². The SMILES string of the molecule is CC(C)Oc1ccc(-c2noc(-c3cnc(-c4ccccc4)[nH]c3=O)n2)cn1. The molecule has 140 valence electrons. The molecule has 0 aliphatic heterocycles. The van der Waals surface area contributed by atoms with E-state index in [1.165, 1.54) is 6.20 Å². The first-order chi connectivity index (χ1) is 13.6. The van der Waals surface area contributed by atoms with Gasteiger partial charge in [-0.05, 0) is 19.9 Å². The van der Waals surface area contributed by atoms with Crippen molar-refractivity contribution in [1.29, 1.82) is 0 Å². The van der Waals surface area contributed by atoms with Crippen molar-refractivity contribution in [3.8, 4) is 40.1 Å². The summed E-state index contributed by atoms with van der Waals surface area (Å²) in [5.41, 5.74) is 1.30. The molecule has 0 atom stereocenters. The first kappa shape index (κ1) is 17.6. The maximum atomic E-state index is 12.5. The van der Waals surface area contributed by atoms with Gasteiger partial charge in [-0.1, -0.05) is 35.5 Å². The summed E-state index contributed by atoms with van der Waals surface area (Å²) in [6.07, 6.45) is 3.05. The van der Waals surface area contributed by atoms with Crippen LogP contribution < -0.4 is 10.3 Å². The van der Waals surface area contributed by atoms with Crippen LogP contribution in [0.4, 0.5) is 0 Å². The van der Waals surface area contributed by atoms with Crippen LogP contribution in [0, 0.1) is 0 Å². The first-order valence-electron chi connectivity index (χ1n) is 8.72. The topological polar surface area (TPSA) is 107 Å². The monoisotopic (exact) mass is 375 g/mol. The Morgan fingerprint density at radius 1 is 1.00 bits per heavy atom. The van der Waals surface area contributed by atoms with Crippen molar-refractivity contribution in [3.63, 3.8) is 0 Å². The molecule has 0 aliphatic carbocycles. The van der Waals surface area contributed by atoms with E-state index in [1.807, 2.05) is 44.2 Å². The fourth-order valence-corrected chi connectivity index (χ4v) is 2.56. The van der Waals surface area contributed by atoms with Crippen LogP contribution in [0.2, 0.25) is 0 Å². The molecule has 8 nitrogen and oxygen atoms in total. The van der Waals surface area contributed by atoms with Gasteiger partial charge < -0.3 is 14.2 Å². The van der Waals surface area contributed by atoms with Gasteiger partial charge in [-0.2, -0.15) is 4.98 Å². The van der Waals surface area contributed by atoms with Crippen molar-refractivity contribution in [2.45, 2.75) is 20.0 Å². The second-order valence-electron chi connectivity index (χ2n) is 6.32. The summed E-state index contributed by atoms with van der Waals surface area (Å²) in [5, 5.41) is 3.93. The van der Waals surface area contributed by atoms with Crippen LogP contribution in [0.1, 0.15) is 13.8 Å². The number of nitrogens with one attached hydrogen (secondary N) is 1. The molecule has 1 aromatic carbocycles. The van der Waals surface area contributed by atoms with Crippen LogP contribution in [0.5, 0.6) is 5.88 Å². The Morgan fingerprint density at radius 2 is 1.82 bits per heavy atom. The Kier molecular flexibility index (Phi) is 4.67. The molecule has 0 amide bonds. The van der Waals surface area contributed by atoms with Gasteiger partial charge in [0.1, 0.15) is 11.4 Å². The number of hydrogen-bond donors (Lipinski definition) is 1. The minimum Gasteiger partial charge on any atom is -0.475 e. The summed E-state index contributed by atoms with van der Waals surface area (Å²) in [4.78, 5) is 28.0. The predicted octanol–water partition coefficient (Wildman–Crippen LogP) is 3.34. The Bertz CT molecular complexity index is 1130. The van der Waals surface area contributed by atoms with E-state index in [2.05, 4.69) is 25.1 Å². The lowest BCUT2D eigenvalue weighted by Crippen LogP contribution is -2.11. The van der Waals surface area contributed by atoms with Gasteiger partial charge in [0.05, 0.1) is 6.10 Å². The number of nitrogens with zero attached hydrogens (tertiary/aromatic N) is 4. The minimum absolute atomic E-state index is 0.0354. The van der Waals surface area contributed by atoms with Crippen molar-refractivity contribution in [1.82, 2.24) is 25.1 Å². The molecule has 28 heavy (non-hydrogen) atoms. The average molecular weight is 375 g/mol. The lowest BCUT2D eigenvalue weighted by molar-refractivity contribution is 0.232. The maximum absolute atomic E-state index is 12.5. The van der Waals surface area contributed by atoms with Crippen LogP contribution >= 0.6 is 0 Å². The Labute approximate surface area is 160 Å². The summed E-state index contributed by atoms with van der Waals surface area (Å²) in [5.74, 6) is 1.40. The summed E-state index contributed by atoms with van der Waals surface area (Å²) >= 11 is 0. The highest BCUT2D eigenvalue weighted by Crippen LogP contribution is 2.21. The van der Waals surface area contributed by atoms with Gasteiger partial charge >= 0.3 is 0 Å². The molecule has 0 saturated carbocycles. The van der Waals surface area contributed by atoms with Crippen molar-refractivity contribution in [2.75, 3.05) is 0 Å². The quantitative estimate of drug-likeness (QED) is 0.570. The average Bonchev–Trinajstić information content (AvgIpc) is 3.18. The molecule has 1 N–H and O–H groups in total. The molecule has 8 heteroatoms. The Morgan fingerprint density at radius 3 is 2.50 bits per heavy atom. The third-order valence-electron chi connectivity index (χ3n) is 3.85. The third-order valence-corrected chi connectivity index (χ3v) is 3.85. The summed E-state index contributed by atoms with van der Waals surface area (Å²) in [6, 6.07) is 12.9. The number of pyridine rings is 1. The van der Waals surface area contributed by atoms with Crippen LogP contribution in [0.15, 0.2) is 64.2 Å². The van der Waals surface area contributed by atoms with E-state index < -0.39 is 0 Å². The van der Waals surface area contributed by atoms with Crippen LogP contribution in [-0.4, -0.2) is 31.2 Å². The molecule has 0 aliphatic rings. The van der Waals surface area contributed by atoms with E-state index in [0.717, 1.165) is 5.56 Å². The van der Waals surface area contributed by atoms with Crippen LogP contribution in [-0.2, 0) is 0 Å². The predicted molar refractivity (Wildman–Crippen MR) is 103 cm³/mol. The molecule has 4 aromatic rings. The van der Waals surface area contributed by atoms with E-state index in [1.54, 1.807) is 18.3 Å². The summed E-state index contributed by atoms with van der Waals surface area (Å²) < 4.78 is 10.8. The summed E-state index contributed by atoms with van der Waals surface area (Å²) in [6.45, 7) is 3.85. The smallest absolute Gasteiger partial charge is 0.265 e. The van der Waals surface area contributed by atoms with E-state index in [0.29, 0.717) is 23.1 Å². The normalized spacial score (nSPS) is 11.0. The standard InChI is InChI=1S/C20H17N5O3/c1-12(2)27-16-9-8-14(10-21-16)18-24-20(28-25-18)15-11-22-17(23-19(15)26)13-6-4-3-5-7-13/h3-12H,1-2H3,(H,22,23,26). The molecule has 0 saturated heterocycles. The zero-order valence-corrected chi connectivity index (χ0v) is 15.3. The van der Waals surface area contributed by atoms with E-state index in [4.69, 9.17) is 9.26 Å². The van der Waals surface area contributed by atoms with Crippen LogP contribution in [0.3, 0.4) is 0 Å². The van der Waals surface area contributed by atoms with Crippen LogP contribution in [0.25, 0.3) is 34.2 Å². The molecule has 0 spiro atoms. The largest absolute Gasteiger partial charge is 0.475 e. The minimum atomic E-state index is -0.358. The number of ether oxygens (including phenoxy) is 1. The number of H-pyrrole nitrogens is 1. The Balaban J connectivity index is 1.60. The number of aromatic amines is 1. The fourth-order valence-electron chi connectivity index (χ4n) is 2.56. The van der Waals surface area contributed by atoms with Gasteiger partial charge in [-0.25, -0.2) is 9.97 Å². The Hall–Kier alpha value is -3.81. The molecular formula is C20H17N5O3. The number of benzene rings is 1. The molecular weight excluding hydrogens is 358 g/mol. The van der Waals surface area contributed by atoms with Crippen molar-refractivity contribution in [3.05, 3.63) is 65.2 Å². The lowest BCUT2D eigenvalue weighted by atomic mass is 10.2. The molecule has 3 aromatic heterocycles. The third kappa shape index (κ3) is 3.66. The first-order valence-corrected chi connectivity index (χ1v) is 8.72. The van der Waals surface area contributed by atoms with Gasteiger partial charge in [0, 0.05) is 29.6 Å². The zero-order chi connectivity index (χ0) is 19.5. The van der Waals surface area contributed by atoms with Gasteiger partial charge in [-0.3, -0.25) is 4.79 Å². The fraction of sp³-hybridized carbons (Fsp3) is 0.150. The highest BCUT2D eigenvalue weighted by Gasteiger charge is 2.15. The van der Waals surface area contributed by atoms with Gasteiger partial charge in [0.2, 0.25) is 11.7 Å². The van der Waals surface area contributed by atoms with Gasteiger partial charge in [-0.15, -0.1) is 0 Å². The molecule has 3 heterocycles. The lowest BCUT2D eigenvalue weighted by Gasteiger charge is -2.07. The second kappa shape index (κ2) is 7.43. The zero-order valence-electron chi connectivity index (χ0n) is 15.3. The highest BCUT2D eigenvalue weighted by atomic mass is 16.5. The molecule has 0 radical (unpaired) electrons. The molecule has 0 fully saturated rings. The second-order valence-corrected chi connectivity index (χ2v) is 6.32. The number of rotatable bonds is 5. The molecule has 0 bridgehead atoms. The van der Waals surface area contributed by atoms with E-state index >= 15 is 0 Å².